The third-order valence-corrected chi connectivity index (χ3v) is 7.73. The predicted molar refractivity (Wildman–Crippen MR) is 83.8 cm³/mol. The minimum atomic E-state index is -2.97. The lowest BCUT2D eigenvalue weighted by atomic mass is 9.81. The molecule has 1 N–H and O–H groups in total. The Morgan fingerprint density at radius 3 is 2.37 bits per heavy atom. The van der Waals surface area contributed by atoms with Crippen molar-refractivity contribution < 1.29 is 13.6 Å². The highest BCUT2D eigenvalue weighted by molar-refractivity contribution is 7.99. The largest absolute Gasteiger partial charge is 0.335 e. The van der Waals surface area contributed by atoms with E-state index in [-0.39, 0.29) is 23.5 Å². The van der Waals surface area contributed by atoms with Crippen LogP contribution in [0, 0.1) is 5.41 Å². The lowest BCUT2D eigenvalue weighted by Gasteiger charge is -2.40. The standard InChI is InChI=1S/C12H24NO3PS.ClH/c1-3-15-17(14,16-4-2)11-9-13-10-12(11)5-7-18-8-6-12;/h11,13H,3-10H2,1-2H3;1H. The summed E-state index contributed by atoms with van der Waals surface area (Å²) in [5.74, 6) is 2.33. The molecule has 0 aromatic carbocycles. The van der Waals surface area contributed by atoms with Crippen LogP contribution in [0.15, 0.2) is 0 Å². The van der Waals surface area contributed by atoms with E-state index in [1.807, 2.05) is 25.6 Å². The molecule has 4 nitrogen and oxygen atoms in total. The van der Waals surface area contributed by atoms with Crippen LogP contribution in [0.1, 0.15) is 26.7 Å². The zero-order valence-corrected chi connectivity index (χ0v) is 14.3. The molecular weight excluding hydrogens is 305 g/mol. The zero-order valence-electron chi connectivity index (χ0n) is 11.7. The Morgan fingerprint density at radius 2 is 1.84 bits per heavy atom. The summed E-state index contributed by atoms with van der Waals surface area (Å²) < 4.78 is 24.1. The minimum Gasteiger partial charge on any atom is -0.315 e. The molecule has 2 saturated heterocycles. The Balaban J connectivity index is 0.00000180. The number of thioether (sulfide) groups is 1. The van der Waals surface area contributed by atoms with Crippen LogP contribution in [0.2, 0.25) is 0 Å². The minimum absolute atomic E-state index is 0. The van der Waals surface area contributed by atoms with E-state index in [1.165, 1.54) is 0 Å². The highest BCUT2D eigenvalue weighted by atomic mass is 35.5. The van der Waals surface area contributed by atoms with Crippen molar-refractivity contribution in [1.29, 1.82) is 0 Å². The van der Waals surface area contributed by atoms with Crippen LogP contribution in [-0.2, 0) is 13.6 Å². The second-order valence-corrected chi connectivity index (χ2v) is 8.44. The van der Waals surface area contributed by atoms with E-state index in [4.69, 9.17) is 9.05 Å². The Morgan fingerprint density at radius 1 is 1.26 bits per heavy atom. The topological polar surface area (TPSA) is 47.6 Å². The lowest BCUT2D eigenvalue weighted by Crippen LogP contribution is -2.38. The van der Waals surface area contributed by atoms with Crippen LogP contribution in [0.3, 0.4) is 0 Å². The van der Waals surface area contributed by atoms with Crippen LogP contribution in [0.5, 0.6) is 0 Å². The fourth-order valence-electron chi connectivity index (χ4n) is 3.10. The molecule has 2 fully saturated rings. The van der Waals surface area contributed by atoms with Crippen LogP contribution >= 0.6 is 31.8 Å². The van der Waals surface area contributed by atoms with Crippen LogP contribution in [-0.4, -0.2) is 43.5 Å². The summed E-state index contributed by atoms with van der Waals surface area (Å²) >= 11 is 2.00. The summed E-state index contributed by atoms with van der Waals surface area (Å²) in [4.78, 5) is 0. The van der Waals surface area contributed by atoms with Crippen molar-refractivity contribution in [2.45, 2.75) is 32.3 Å². The fourth-order valence-corrected chi connectivity index (χ4v) is 6.94. The third kappa shape index (κ3) is 3.69. The average Bonchev–Trinajstić information content (AvgIpc) is 2.75. The molecule has 2 heterocycles. The van der Waals surface area contributed by atoms with Gasteiger partial charge in [0, 0.05) is 13.1 Å². The van der Waals surface area contributed by atoms with E-state index >= 15 is 0 Å². The summed E-state index contributed by atoms with van der Waals surface area (Å²) in [5, 5.41) is 3.41. The van der Waals surface area contributed by atoms with Crippen LogP contribution in [0.25, 0.3) is 0 Å². The van der Waals surface area contributed by atoms with E-state index in [2.05, 4.69) is 5.32 Å². The van der Waals surface area contributed by atoms with Crippen molar-refractivity contribution in [3.63, 3.8) is 0 Å². The number of halogens is 1. The molecule has 19 heavy (non-hydrogen) atoms. The summed E-state index contributed by atoms with van der Waals surface area (Å²) in [7, 11) is -2.97. The van der Waals surface area contributed by atoms with Gasteiger partial charge in [-0.15, -0.1) is 12.4 Å². The second-order valence-electron chi connectivity index (χ2n) is 5.00. The quantitative estimate of drug-likeness (QED) is 0.785. The first kappa shape index (κ1) is 17.8. The molecule has 0 bridgehead atoms. The van der Waals surface area contributed by atoms with E-state index < -0.39 is 7.60 Å². The molecule has 7 heteroatoms. The fraction of sp³-hybridized carbons (Fsp3) is 1.00. The maximum Gasteiger partial charge on any atom is 0.335 e. The number of hydrogen-bond donors (Lipinski definition) is 1. The van der Waals surface area contributed by atoms with Gasteiger partial charge in [0.1, 0.15) is 0 Å². The molecule has 1 spiro atoms. The summed E-state index contributed by atoms with van der Waals surface area (Å²) in [6.45, 7) is 6.41. The molecular formula is C12H25ClNO3PS. The highest BCUT2D eigenvalue weighted by Gasteiger charge is 2.53. The molecule has 0 aromatic rings. The van der Waals surface area contributed by atoms with Crippen molar-refractivity contribution >= 4 is 31.8 Å². The number of hydrogen-bond acceptors (Lipinski definition) is 5. The normalized spacial score (nSPS) is 26.3. The molecule has 2 rings (SSSR count). The highest BCUT2D eigenvalue weighted by Crippen LogP contribution is 2.62. The SMILES string of the molecule is CCOP(=O)(OCC)C1CNCC12CCSCC2.Cl. The molecule has 114 valence electrons. The molecule has 0 amide bonds. The van der Waals surface area contributed by atoms with Crippen molar-refractivity contribution in [3.05, 3.63) is 0 Å². The summed E-state index contributed by atoms with van der Waals surface area (Å²) in [6, 6.07) is 0. The number of nitrogens with one attached hydrogen (secondary N) is 1. The monoisotopic (exact) mass is 329 g/mol. The van der Waals surface area contributed by atoms with Crippen molar-refractivity contribution in [2.24, 2.45) is 5.41 Å². The van der Waals surface area contributed by atoms with Crippen molar-refractivity contribution in [3.8, 4) is 0 Å². The molecule has 1 atom stereocenters. The van der Waals surface area contributed by atoms with E-state index in [0.717, 1.165) is 37.4 Å². The van der Waals surface area contributed by atoms with Gasteiger partial charge in [-0.3, -0.25) is 4.57 Å². The molecule has 0 radical (unpaired) electrons. The molecule has 0 saturated carbocycles. The van der Waals surface area contributed by atoms with Gasteiger partial charge >= 0.3 is 7.60 Å². The molecule has 1 unspecified atom stereocenters. The van der Waals surface area contributed by atoms with Gasteiger partial charge in [0.2, 0.25) is 0 Å². The average molecular weight is 330 g/mol. The van der Waals surface area contributed by atoms with Gasteiger partial charge < -0.3 is 14.4 Å². The molecule has 2 aliphatic heterocycles. The Kier molecular flexibility index (Phi) is 7.19. The van der Waals surface area contributed by atoms with E-state index in [9.17, 15) is 4.57 Å². The van der Waals surface area contributed by atoms with Gasteiger partial charge in [0.05, 0.1) is 18.9 Å². The smallest absolute Gasteiger partial charge is 0.315 e. The second kappa shape index (κ2) is 7.67. The van der Waals surface area contributed by atoms with Gasteiger partial charge in [0.25, 0.3) is 0 Å². The predicted octanol–water partition coefficient (Wildman–Crippen LogP) is 3.16. The molecule has 2 aliphatic rings. The first-order valence-electron chi connectivity index (χ1n) is 6.84. The Bertz CT molecular complexity index is 316. The third-order valence-electron chi connectivity index (χ3n) is 4.01. The Hall–Kier alpha value is 0.750. The van der Waals surface area contributed by atoms with Crippen LogP contribution < -0.4 is 5.32 Å². The maximum absolute atomic E-state index is 13.0. The molecule has 0 aromatic heterocycles. The summed E-state index contributed by atoms with van der Waals surface area (Å²) in [6.07, 6.45) is 2.25. The first-order chi connectivity index (χ1) is 8.67. The van der Waals surface area contributed by atoms with Crippen molar-refractivity contribution in [2.75, 3.05) is 37.8 Å². The van der Waals surface area contributed by atoms with E-state index in [0.29, 0.717) is 13.2 Å². The van der Waals surface area contributed by atoms with Gasteiger partial charge in [-0.05, 0) is 43.6 Å². The van der Waals surface area contributed by atoms with Gasteiger partial charge in [-0.2, -0.15) is 11.8 Å². The molecule has 0 aliphatic carbocycles. The Labute approximate surface area is 126 Å². The maximum atomic E-state index is 13.0. The summed E-state index contributed by atoms with van der Waals surface area (Å²) in [5.41, 5.74) is 0.163. The van der Waals surface area contributed by atoms with Gasteiger partial charge in [-0.25, -0.2) is 0 Å². The van der Waals surface area contributed by atoms with Crippen molar-refractivity contribution in [1.82, 2.24) is 5.32 Å². The van der Waals surface area contributed by atoms with Crippen LogP contribution in [0.4, 0.5) is 0 Å². The van der Waals surface area contributed by atoms with E-state index in [1.54, 1.807) is 0 Å². The lowest BCUT2D eigenvalue weighted by molar-refractivity contribution is 0.186. The first-order valence-corrected chi connectivity index (χ1v) is 9.61. The number of rotatable bonds is 5. The van der Waals surface area contributed by atoms with Gasteiger partial charge in [0.15, 0.2) is 0 Å². The zero-order chi connectivity index (χ0) is 13.1. The van der Waals surface area contributed by atoms with Gasteiger partial charge in [-0.1, -0.05) is 0 Å².